The molecule has 5 rings (SSSR count). The minimum Gasteiger partial charge on any atom is -0.370 e. The van der Waals surface area contributed by atoms with Gasteiger partial charge in [-0.2, -0.15) is 26.3 Å². The Bertz CT molecular complexity index is 1530. The maximum Gasteiger partial charge on any atom is 0.439 e. The van der Waals surface area contributed by atoms with Crippen molar-refractivity contribution in [1.82, 2.24) is 10.2 Å². The molecule has 0 aromatic heterocycles. The summed E-state index contributed by atoms with van der Waals surface area (Å²) in [4.78, 5) is 31.8. The van der Waals surface area contributed by atoms with Crippen molar-refractivity contribution in [2.45, 2.75) is 56.6 Å². The van der Waals surface area contributed by atoms with Gasteiger partial charge in [-0.3, -0.25) is 9.59 Å². The smallest absolute Gasteiger partial charge is 0.370 e. The molecule has 2 atom stereocenters. The molecule has 3 aliphatic rings. The van der Waals surface area contributed by atoms with Gasteiger partial charge in [0.25, 0.3) is 11.5 Å². The van der Waals surface area contributed by atoms with E-state index in [9.17, 15) is 40.3 Å². The number of halogens is 8. The van der Waals surface area contributed by atoms with E-state index in [1.807, 2.05) is 0 Å². The lowest BCUT2D eigenvalue weighted by molar-refractivity contribution is -0.272. The highest BCUT2D eigenvalue weighted by Gasteiger charge is 2.64. The van der Waals surface area contributed by atoms with Gasteiger partial charge in [-0.25, -0.2) is 4.39 Å². The van der Waals surface area contributed by atoms with Crippen molar-refractivity contribution >= 4 is 29.1 Å². The minimum absolute atomic E-state index is 0.0129. The van der Waals surface area contributed by atoms with Crippen LogP contribution < -0.4 is 5.32 Å². The summed E-state index contributed by atoms with van der Waals surface area (Å²) >= 11 is 5.56. The van der Waals surface area contributed by atoms with Gasteiger partial charge in [0.1, 0.15) is 5.82 Å². The van der Waals surface area contributed by atoms with E-state index in [0.29, 0.717) is 24.6 Å². The topological polar surface area (TPSA) is 71.0 Å². The Labute approximate surface area is 246 Å². The van der Waals surface area contributed by atoms with Gasteiger partial charge in [0.15, 0.2) is 0 Å². The molecular weight excluding hydrogens is 607 g/mol. The van der Waals surface area contributed by atoms with Gasteiger partial charge in [0, 0.05) is 37.1 Å². The van der Waals surface area contributed by atoms with Crippen molar-refractivity contribution in [2.24, 2.45) is 11.1 Å². The number of benzene rings is 2. The second-order valence-corrected chi connectivity index (χ2v) is 11.5. The maximum absolute atomic E-state index is 14.9. The van der Waals surface area contributed by atoms with E-state index >= 15 is 0 Å². The fraction of sp³-hybridized carbons (Fsp3) is 0.414. The second-order valence-electron chi connectivity index (χ2n) is 11.1. The molecule has 2 heterocycles. The van der Waals surface area contributed by atoms with Crippen molar-refractivity contribution in [3.63, 3.8) is 0 Å². The first-order valence-corrected chi connectivity index (χ1v) is 13.7. The Morgan fingerprint density at radius 2 is 1.88 bits per heavy atom. The number of hydrogen-bond acceptors (Lipinski definition) is 4. The molecule has 1 saturated carbocycles. The molecule has 6 nitrogen and oxygen atoms in total. The summed E-state index contributed by atoms with van der Waals surface area (Å²) in [5.41, 5.74) is -6.81. The molecule has 1 aliphatic carbocycles. The molecule has 2 aromatic rings. The molecule has 1 N–H and O–H groups in total. The quantitative estimate of drug-likeness (QED) is 0.286. The average molecular weight is 632 g/mol. The van der Waals surface area contributed by atoms with Gasteiger partial charge in [0.05, 0.1) is 22.3 Å². The molecule has 0 bridgehead atoms. The number of aryl methyl sites for hydroxylation is 1. The van der Waals surface area contributed by atoms with Crippen molar-refractivity contribution in [1.29, 1.82) is 0 Å². The van der Waals surface area contributed by atoms with E-state index in [1.54, 1.807) is 11.8 Å². The van der Waals surface area contributed by atoms with Crippen LogP contribution in [0.25, 0.3) is 0 Å². The third kappa shape index (κ3) is 5.83. The zero-order valence-electron chi connectivity index (χ0n) is 22.6. The van der Waals surface area contributed by atoms with E-state index in [-0.39, 0.29) is 47.3 Å². The van der Waals surface area contributed by atoms with Gasteiger partial charge < -0.3 is 15.1 Å². The number of rotatable bonds is 6. The number of carbonyl (C=O) groups excluding carboxylic acids is 2. The number of alkyl halides is 6. The number of hydrogen-bond donors (Lipinski definition) is 1. The van der Waals surface area contributed by atoms with Gasteiger partial charge in [-0.15, -0.1) is 0 Å². The molecule has 2 aromatic carbocycles. The fourth-order valence-electron chi connectivity index (χ4n) is 5.37. The van der Waals surface area contributed by atoms with Crippen molar-refractivity contribution in [3.05, 3.63) is 81.1 Å². The lowest BCUT2D eigenvalue weighted by Crippen LogP contribution is -2.48. The highest BCUT2D eigenvalue weighted by molar-refractivity contribution is 6.30. The molecule has 230 valence electrons. The number of nitrogens with zero attached hydrogens (tertiary/aromatic N) is 2. The highest BCUT2D eigenvalue weighted by atomic mass is 35.5. The van der Waals surface area contributed by atoms with E-state index in [4.69, 9.17) is 16.4 Å². The normalized spacial score (nSPS) is 22.9. The van der Waals surface area contributed by atoms with Gasteiger partial charge >= 0.3 is 12.4 Å². The Hall–Kier alpha value is -3.61. The van der Waals surface area contributed by atoms with E-state index in [1.165, 1.54) is 18.2 Å². The van der Waals surface area contributed by atoms with Crippen molar-refractivity contribution in [2.75, 3.05) is 13.1 Å². The average Bonchev–Trinajstić information content (AvgIpc) is 3.65. The molecular formula is C29H25ClF7N3O3. The van der Waals surface area contributed by atoms with E-state index < -0.39 is 57.8 Å². The zero-order chi connectivity index (χ0) is 31.5. The Morgan fingerprint density at radius 1 is 1.19 bits per heavy atom. The third-order valence-electron chi connectivity index (χ3n) is 7.84. The van der Waals surface area contributed by atoms with Crippen LogP contribution in [-0.2, 0) is 21.4 Å². The molecule has 1 saturated heterocycles. The van der Waals surface area contributed by atoms with Crippen LogP contribution in [0.15, 0.2) is 47.6 Å². The minimum atomic E-state index is -5.47. The molecule has 2 fully saturated rings. The first-order chi connectivity index (χ1) is 20.0. The standard InChI is InChI=1S/C29H25ClF7N3O3/c1-14-7-17(5-6-20(14)26(42)38-19-11-24(41)40(13-19)12-16-3-4-16)23-8-15(2)27(43-39-23,29(35,36)37)21-9-18(28(32,33)34)10-22(30)25(21)31/h5-7,9-10,16,19H,2-4,8,11-13H2,1H3,(H,38,42)/t19-,27+/m0/s1. The number of amides is 2. The number of likely N-dealkylation sites (tertiary alicyclic amines) is 1. The van der Waals surface area contributed by atoms with Gasteiger partial charge in [-0.1, -0.05) is 29.4 Å². The molecule has 43 heavy (non-hydrogen) atoms. The van der Waals surface area contributed by atoms with Crippen molar-refractivity contribution in [3.8, 4) is 0 Å². The fourth-order valence-corrected chi connectivity index (χ4v) is 5.59. The maximum atomic E-state index is 14.9. The van der Waals surface area contributed by atoms with Crippen LogP contribution in [0.3, 0.4) is 0 Å². The number of nitrogens with one attached hydrogen (secondary N) is 1. The number of carbonyl (C=O) groups is 2. The first-order valence-electron chi connectivity index (χ1n) is 13.3. The molecule has 2 aliphatic heterocycles. The van der Waals surface area contributed by atoms with E-state index in [2.05, 4.69) is 17.1 Å². The predicted octanol–water partition coefficient (Wildman–Crippen LogP) is 6.69. The van der Waals surface area contributed by atoms with Crippen LogP contribution in [-0.4, -0.2) is 47.7 Å². The number of oxime groups is 1. The van der Waals surface area contributed by atoms with E-state index in [0.717, 1.165) is 12.8 Å². The Balaban J connectivity index is 1.39. The summed E-state index contributed by atoms with van der Waals surface area (Å²) in [7, 11) is 0. The Morgan fingerprint density at radius 3 is 2.47 bits per heavy atom. The second kappa shape index (κ2) is 10.8. The SMILES string of the molecule is C=C1CC(c2ccc(C(=O)N[C@H]3CC(=O)N(CC4CC4)C3)c(C)c2)=NO[C@]1(c1cc(C(F)(F)F)cc(Cl)c1F)C(F)(F)F. The van der Waals surface area contributed by atoms with Crippen molar-refractivity contribution < 1.29 is 45.2 Å². The molecule has 0 radical (unpaired) electrons. The lowest BCUT2D eigenvalue weighted by Gasteiger charge is -2.38. The Kier molecular flexibility index (Phi) is 7.77. The zero-order valence-corrected chi connectivity index (χ0v) is 23.4. The summed E-state index contributed by atoms with van der Waals surface area (Å²) in [6.45, 7) is 6.08. The summed E-state index contributed by atoms with van der Waals surface area (Å²) in [5, 5.41) is 5.22. The highest BCUT2D eigenvalue weighted by Crippen LogP contribution is 2.52. The van der Waals surface area contributed by atoms with Crippen LogP contribution in [0.1, 0.15) is 58.3 Å². The molecule has 2 amide bonds. The summed E-state index contributed by atoms with van der Waals surface area (Å²) < 4.78 is 98.5. The largest absolute Gasteiger partial charge is 0.439 e. The summed E-state index contributed by atoms with van der Waals surface area (Å²) in [6, 6.07) is 4.13. The predicted molar refractivity (Wildman–Crippen MR) is 142 cm³/mol. The van der Waals surface area contributed by atoms with Crippen LogP contribution in [0.2, 0.25) is 5.02 Å². The summed E-state index contributed by atoms with van der Waals surface area (Å²) in [5.74, 6) is -1.70. The molecule has 0 unspecified atom stereocenters. The van der Waals surface area contributed by atoms with Crippen LogP contribution in [0.4, 0.5) is 30.7 Å². The van der Waals surface area contributed by atoms with Crippen LogP contribution in [0, 0.1) is 18.7 Å². The first kappa shape index (κ1) is 30.8. The van der Waals surface area contributed by atoms with Crippen LogP contribution >= 0.6 is 11.6 Å². The molecule has 14 heteroatoms. The van der Waals surface area contributed by atoms with Gasteiger partial charge in [0.2, 0.25) is 5.91 Å². The lowest BCUT2D eigenvalue weighted by atomic mass is 9.80. The summed E-state index contributed by atoms with van der Waals surface area (Å²) in [6.07, 6.45) is -8.88. The van der Waals surface area contributed by atoms with Crippen LogP contribution in [0.5, 0.6) is 0 Å². The third-order valence-corrected chi connectivity index (χ3v) is 8.11. The molecule has 0 spiro atoms. The van der Waals surface area contributed by atoms with Gasteiger partial charge in [-0.05, 0) is 66.6 Å². The monoisotopic (exact) mass is 631 g/mol.